The first-order valence-corrected chi connectivity index (χ1v) is 21.4. The van der Waals surface area contributed by atoms with E-state index in [9.17, 15) is 0 Å². The summed E-state index contributed by atoms with van der Waals surface area (Å²) in [7, 11) is 0. The smallest absolute Gasteiger partial charge is 0.164 e. The van der Waals surface area contributed by atoms with Crippen LogP contribution in [0.25, 0.3) is 97.3 Å². The Kier molecular flexibility index (Phi) is 7.58. The van der Waals surface area contributed by atoms with Gasteiger partial charge in [0.25, 0.3) is 0 Å². The lowest BCUT2D eigenvalue weighted by molar-refractivity contribution is 0.881. The standard InChI is InChI=1S/C49H29N5S3/c1-3-12-28(13-4-1)42-45-43(36-17-8-10-21-39(36)56-45)51-49(50-42)37-19-11-18-35-34-25-23-31(27-41(34)57-44(35)37)48-53-46(29-14-5-2-6-15-29)52-47(54-48)30-22-24-33-32-16-7-9-20-38(32)55-40(33)26-30/h1-27,32,38H. The zero-order valence-corrected chi connectivity index (χ0v) is 32.7. The lowest BCUT2D eigenvalue weighted by Crippen LogP contribution is -2.06. The monoisotopic (exact) mass is 783 g/mol. The SMILES string of the molecule is C1=CC2Sc3cc(-c4nc(-c5ccccc5)nc(-c5ccc6c(c5)sc5c(-c7nc(-c8ccccc8)c8sc9ccccc9c8n7)cccc56)n4)ccc3C2C=C1. The maximum atomic E-state index is 5.31. The lowest BCUT2D eigenvalue weighted by atomic mass is 9.92. The van der Waals surface area contributed by atoms with Gasteiger partial charge in [-0.05, 0) is 29.8 Å². The normalized spacial score (nSPS) is 15.9. The van der Waals surface area contributed by atoms with E-state index in [4.69, 9.17) is 24.9 Å². The summed E-state index contributed by atoms with van der Waals surface area (Å²) >= 11 is 5.44. The minimum Gasteiger partial charge on any atom is -0.226 e. The van der Waals surface area contributed by atoms with Crippen molar-refractivity contribution in [3.05, 3.63) is 169 Å². The van der Waals surface area contributed by atoms with Crippen LogP contribution in [0.1, 0.15) is 11.5 Å². The molecule has 0 saturated carbocycles. The van der Waals surface area contributed by atoms with E-state index in [2.05, 4.69) is 140 Å². The van der Waals surface area contributed by atoms with E-state index in [0.29, 0.717) is 28.6 Å². The van der Waals surface area contributed by atoms with Gasteiger partial charge in [-0.2, -0.15) is 0 Å². The Balaban J connectivity index is 1.00. The minimum atomic E-state index is 0.405. The van der Waals surface area contributed by atoms with Crippen molar-refractivity contribution in [3.63, 3.8) is 0 Å². The summed E-state index contributed by atoms with van der Waals surface area (Å²) in [6.45, 7) is 0. The zero-order valence-electron chi connectivity index (χ0n) is 30.2. The second-order valence-electron chi connectivity index (χ2n) is 14.3. The Morgan fingerprint density at radius 2 is 1.12 bits per heavy atom. The molecule has 0 N–H and O–H groups in total. The van der Waals surface area contributed by atoms with Gasteiger partial charge in [0.2, 0.25) is 0 Å². The highest BCUT2D eigenvalue weighted by Crippen LogP contribution is 2.49. The predicted octanol–water partition coefficient (Wildman–Crippen LogP) is 13.4. The number of rotatable bonds is 5. The van der Waals surface area contributed by atoms with Gasteiger partial charge in [0.15, 0.2) is 23.3 Å². The number of nitrogens with zero attached hydrogens (tertiary/aromatic N) is 5. The third-order valence-corrected chi connectivity index (χ3v) is 14.6. The van der Waals surface area contributed by atoms with E-state index in [-0.39, 0.29) is 0 Å². The summed E-state index contributed by atoms with van der Waals surface area (Å²) < 4.78 is 4.63. The van der Waals surface area contributed by atoms with E-state index < -0.39 is 0 Å². The summed E-state index contributed by atoms with van der Waals surface area (Å²) in [6, 6.07) is 48.9. The number of aromatic nitrogens is 5. The second kappa shape index (κ2) is 13.1. The summed E-state index contributed by atoms with van der Waals surface area (Å²) in [6.07, 6.45) is 8.92. The maximum Gasteiger partial charge on any atom is 0.164 e. The van der Waals surface area contributed by atoms with Crippen molar-refractivity contribution in [2.24, 2.45) is 0 Å². The van der Waals surface area contributed by atoms with Crippen LogP contribution in [0.2, 0.25) is 0 Å². The molecule has 2 atom stereocenters. The number of benzene rings is 6. The third kappa shape index (κ3) is 5.47. The molecular weight excluding hydrogens is 755 g/mol. The molecule has 12 rings (SSSR count). The van der Waals surface area contributed by atoms with Crippen LogP contribution in [-0.4, -0.2) is 30.2 Å². The van der Waals surface area contributed by atoms with Gasteiger partial charge in [0.1, 0.15) is 0 Å². The van der Waals surface area contributed by atoms with Crippen molar-refractivity contribution in [1.29, 1.82) is 0 Å². The predicted molar refractivity (Wildman–Crippen MR) is 239 cm³/mol. The molecule has 0 saturated heterocycles. The summed E-state index contributed by atoms with van der Waals surface area (Å²) in [5, 5.41) is 3.95. The molecule has 4 aromatic heterocycles. The summed E-state index contributed by atoms with van der Waals surface area (Å²) in [5.41, 5.74) is 8.33. The molecule has 0 amide bonds. The molecule has 5 nitrogen and oxygen atoms in total. The molecule has 6 aromatic carbocycles. The zero-order chi connectivity index (χ0) is 37.5. The first-order valence-electron chi connectivity index (χ1n) is 18.9. The number of fused-ring (bicyclic) bond motifs is 9. The summed E-state index contributed by atoms with van der Waals surface area (Å²) in [5.74, 6) is 3.11. The molecule has 8 heteroatoms. The first kappa shape index (κ1) is 32.9. The number of hydrogen-bond donors (Lipinski definition) is 0. The molecule has 2 unspecified atom stereocenters. The minimum absolute atomic E-state index is 0.405. The molecule has 10 aromatic rings. The van der Waals surface area contributed by atoms with Gasteiger partial charge in [0, 0.05) is 74.1 Å². The Hall–Kier alpha value is -6.32. The molecule has 0 spiro atoms. The van der Waals surface area contributed by atoms with Crippen LogP contribution in [0.4, 0.5) is 0 Å². The quantitative estimate of drug-likeness (QED) is 0.173. The van der Waals surface area contributed by atoms with Crippen LogP contribution >= 0.6 is 34.4 Å². The topological polar surface area (TPSA) is 64.5 Å². The van der Waals surface area contributed by atoms with Gasteiger partial charge in [0.05, 0.1) is 15.9 Å². The van der Waals surface area contributed by atoms with Crippen LogP contribution in [-0.2, 0) is 0 Å². The Labute approximate surface area is 340 Å². The van der Waals surface area contributed by atoms with E-state index >= 15 is 0 Å². The molecule has 0 fully saturated rings. The van der Waals surface area contributed by atoms with E-state index in [1.54, 1.807) is 22.7 Å². The van der Waals surface area contributed by atoms with Crippen molar-refractivity contribution >= 4 is 74.9 Å². The fourth-order valence-corrected chi connectivity index (χ4v) is 11.9. The van der Waals surface area contributed by atoms with E-state index in [1.807, 2.05) is 36.0 Å². The number of allylic oxidation sites excluding steroid dienone is 3. The van der Waals surface area contributed by atoms with Crippen LogP contribution in [0.5, 0.6) is 0 Å². The fraction of sp³-hybridized carbons (Fsp3) is 0.0408. The van der Waals surface area contributed by atoms with Crippen LogP contribution in [0.15, 0.2) is 169 Å². The molecule has 57 heavy (non-hydrogen) atoms. The van der Waals surface area contributed by atoms with Gasteiger partial charge in [-0.15, -0.1) is 34.4 Å². The average molecular weight is 784 g/mol. The number of thioether (sulfide) groups is 1. The summed E-state index contributed by atoms with van der Waals surface area (Å²) in [4.78, 5) is 27.2. The van der Waals surface area contributed by atoms with Gasteiger partial charge < -0.3 is 0 Å². The molecule has 5 heterocycles. The average Bonchev–Trinajstić information content (AvgIpc) is 3.97. The van der Waals surface area contributed by atoms with Crippen molar-refractivity contribution in [1.82, 2.24) is 24.9 Å². The van der Waals surface area contributed by atoms with Crippen molar-refractivity contribution in [2.75, 3.05) is 0 Å². The van der Waals surface area contributed by atoms with Gasteiger partial charge in [-0.1, -0.05) is 140 Å². The Morgan fingerprint density at radius 3 is 1.96 bits per heavy atom. The van der Waals surface area contributed by atoms with E-state index in [0.717, 1.165) is 64.3 Å². The molecule has 2 aliphatic rings. The highest BCUT2D eigenvalue weighted by atomic mass is 32.2. The third-order valence-electron chi connectivity index (χ3n) is 10.9. The maximum absolute atomic E-state index is 5.31. The van der Waals surface area contributed by atoms with Gasteiger partial charge >= 0.3 is 0 Å². The molecular formula is C49H29N5S3. The fourth-order valence-electron chi connectivity index (χ4n) is 8.14. The van der Waals surface area contributed by atoms with Crippen LogP contribution in [0, 0.1) is 0 Å². The molecule has 1 aliphatic carbocycles. The van der Waals surface area contributed by atoms with E-state index in [1.165, 1.54) is 25.9 Å². The number of thiophene rings is 2. The molecule has 1 aliphatic heterocycles. The van der Waals surface area contributed by atoms with Crippen molar-refractivity contribution in [2.45, 2.75) is 16.1 Å². The molecule has 0 bridgehead atoms. The first-order chi connectivity index (χ1) is 28.2. The number of hydrogen-bond acceptors (Lipinski definition) is 8. The molecule has 268 valence electrons. The van der Waals surface area contributed by atoms with Gasteiger partial charge in [-0.25, -0.2) is 24.9 Å². The van der Waals surface area contributed by atoms with Crippen molar-refractivity contribution < 1.29 is 0 Å². The Bertz CT molecular complexity index is 3290. The van der Waals surface area contributed by atoms with Crippen molar-refractivity contribution in [3.8, 4) is 56.8 Å². The lowest BCUT2D eigenvalue weighted by Gasteiger charge is -2.14. The Morgan fingerprint density at radius 1 is 0.439 bits per heavy atom. The second-order valence-corrected chi connectivity index (χ2v) is 17.7. The van der Waals surface area contributed by atoms with Gasteiger partial charge in [-0.3, -0.25) is 0 Å². The molecule has 0 radical (unpaired) electrons. The highest BCUT2D eigenvalue weighted by molar-refractivity contribution is 8.00. The largest absolute Gasteiger partial charge is 0.226 e. The van der Waals surface area contributed by atoms with Crippen LogP contribution in [0.3, 0.4) is 0 Å². The highest BCUT2D eigenvalue weighted by Gasteiger charge is 2.31. The van der Waals surface area contributed by atoms with Crippen LogP contribution < -0.4 is 0 Å².